The van der Waals surface area contributed by atoms with Crippen molar-refractivity contribution in [1.82, 2.24) is 0 Å². The Hall–Kier alpha value is -1.71. The number of aliphatic hydroxyl groups excluding tert-OH is 1. The normalized spacial score (nSPS) is 14.8. The molecular weight excluding hydrogens is 276 g/mol. The van der Waals surface area contributed by atoms with Gasteiger partial charge in [-0.3, -0.25) is 4.79 Å². The van der Waals surface area contributed by atoms with Crippen LogP contribution in [0.1, 0.15) is 27.6 Å². The summed E-state index contributed by atoms with van der Waals surface area (Å²) in [6, 6.07) is 14.2. The van der Waals surface area contributed by atoms with Crippen molar-refractivity contribution in [2.75, 3.05) is 0 Å². The second-order valence-corrected chi connectivity index (χ2v) is 12.5. The van der Waals surface area contributed by atoms with E-state index in [-0.39, 0.29) is 5.78 Å². The van der Waals surface area contributed by atoms with Gasteiger partial charge in [-0.15, -0.1) is 0 Å². The van der Waals surface area contributed by atoms with Crippen molar-refractivity contribution in [3.63, 3.8) is 0 Å². The molecule has 108 valence electrons. The summed E-state index contributed by atoms with van der Waals surface area (Å²) < 4.78 is 0. The molecular formula is C18H20O2Si. The molecule has 0 aliphatic heterocycles. The first-order valence-corrected chi connectivity index (χ1v) is 11.0. The molecule has 0 heterocycles. The van der Waals surface area contributed by atoms with Crippen molar-refractivity contribution in [2.45, 2.75) is 31.8 Å². The number of carbonyl (C=O) groups is 1. The number of aliphatic hydroxyl groups is 1. The van der Waals surface area contributed by atoms with Crippen LogP contribution in [0.25, 0.3) is 11.1 Å². The van der Waals surface area contributed by atoms with Gasteiger partial charge in [-0.1, -0.05) is 62.1 Å². The molecule has 0 spiro atoms. The Balaban J connectivity index is 2.14. The molecule has 2 aromatic carbocycles. The van der Waals surface area contributed by atoms with Crippen LogP contribution in [0.15, 0.2) is 42.5 Å². The Morgan fingerprint density at radius 3 is 2.24 bits per heavy atom. The molecule has 3 rings (SSSR count). The van der Waals surface area contributed by atoms with E-state index in [0.717, 1.165) is 33.9 Å². The maximum atomic E-state index is 12.5. The minimum atomic E-state index is -1.38. The van der Waals surface area contributed by atoms with Crippen LogP contribution in [0.5, 0.6) is 0 Å². The van der Waals surface area contributed by atoms with Gasteiger partial charge in [0.1, 0.15) is 0 Å². The zero-order chi connectivity index (χ0) is 15.2. The second kappa shape index (κ2) is 4.93. The Labute approximate surface area is 126 Å². The molecule has 1 aliphatic rings. The van der Waals surface area contributed by atoms with Crippen LogP contribution < -0.4 is 0 Å². The highest BCUT2D eigenvalue weighted by atomic mass is 28.3. The number of carbonyl (C=O) groups excluding carboxylic acids is 1. The van der Waals surface area contributed by atoms with E-state index in [0.29, 0.717) is 0 Å². The Bertz CT molecular complexity index is 713. The topological polar surface area (TPSA) is 37.3 Å². The molecule has 21 heavy (non-hydrogen) atoms. The van der Waals surface area contributed by atoms with Crippen molar-refractivity contribution in [3.8, 4) is 11.1 Å². The average molecular weight is 296 g/mol. The van der Waals surface area contributed by atoms with E-state index in [1.54, 1.807) is 0 Å². The summed E-state index contributed by atoms with van der Waals surface area (Å²) in [6.07, 6.45) is -0.495. The second-order valence-electron chi connectivity index (χ2n) is 6.93. The van der Waals surface area contributed by atoms with Crippen LogP contribution in [-0.4, -0.2) is 19.0 Å². The van der Waals surface area contributed by atoms with E-state index in [2.05, 4.69) is 19.6 Å². The molecule has 2 nitrogen and oxygen atoms in total. The van der Waals surface area contributed by atoms with Crippen molar-refractivity contribution < 1.29 is 9.90 Å². The molecule has 0 saturated heterocycles. The number of hydrogen-bond donors (Lipinski definition) is 1. The first-order chi connectivity index (χ1) is 9.88. The fourth-order valence-electron chi connectivity index (χ4n) is 3.07. The van der Waals surface area contributed by atoms with E-state index in [9.17, 15) is 9.90 Å². The Kier molecular flexibility index (Phi) is 3.34. The Morgan fingerprint density at radius 1 is 0.952 bits per heavy atom. The van der Waals surface area contributed by atoms with Gasteiger partial charge >= 0.3 is 0 Å². The van der Waals surface area contributed by atoms with Crippen molar-refractivity contribution in [3.05, 3.63) is 59.2 Å². The monoisotopic (exact) mass is 296 g/mol. The van der Waals surface area contributed by atoms with Gasteiger partial charge in [0.25, 0.3) is 0 Å². The Morgan fingerprint density at radius 2 is 1.57 bits per heavy atom. The molecule has 0 saturated carbocycles. The van der Waals surface area contributed by atoms with Crippen LogP contribution in [-0.2, 0) is 0 Å². The quantitative estimate of drug-likeness (QED) is 0.733. The van der Waals surface area contributed by atoms with Crippen LogP contribution >= 0.6 is 0 Å². The van der Waals surface area contributed by atoms with Gasteiger partial charge in [0.15, 0.2) is 5.78 Å². The molecule has 0 amide bonds. The number of benzene rings is 2. The highest BCUT2D eigenvalue weighted by molar-refractivity contribution is 6.76. The fourth-order valence-corrected chi connectivity index (χ4v) is 4.45. The van der Waals surface area contributed by atoms with E-state index in [1.807, 2.05) is 42.5 Å². The third-order valence-electron chi connectivity index (χ3n) is 3.95. The lowest BCUT2D eigenvalue weighted by atomic mass is 9.96. The number of rotatable bonds is 3. The maximum absolute atomic E-state index is 12.5. The lowest BCUT2D eigenvalue weighted by Gasteiger charge is -2.22. The van der Waals surface area contributed by atoms with Gasteiger partial charge in [0.2, 0.25) is 0 Å². The molecule has 0 bridgehead atoms. The zero-order valence-electron chi connectivity index (χ0n) is 12.7. The SMILES string of the molecule is C[Si](C)(C)CC(O)c1cccc2c1-c1ccccc1C2=O. The first kappa shape index (κ1) is 14.2. The number of fused-ring (bicyclic) bond motifs is 3. The largest absolute Gasteiger partial charge is 0.389 e. The molecule has 1 unspecified atom stereocenters. The lowest BCUT2D eigenvalue weighted by molar-refractivity contribution is 0.104. The predicted octanol–water partition coefficient (Wildman–Crippen LogP) is 4.27. The van der Waals surface area contributed by atoms with Gasteiger partial charge in [0.05, 0.1) is 6.10 Å². The summed E-state index contributed by atoms with van der Waals surface area (Å²) in [7, 11) is -1.38. The van der Waals surface area contributed by atoms with E-state index in [1.165, 1.54) is 0 Å². The average Bonchev–Trinajstić information content (AvgIpc) is 2.71. The summed E-state index contributed by atoms with van der Waals surface area (Å²) in [4.78, 5) is 12.5. The first-order valence-electron chi connectivity index (χ1n) is 7.33. The van der Waals surface area contributed by atoms with Gasteiger partial charge in [0, 0.05) is 19.2 Å². The van der Waals surface area contributed by atoms with E-state index < -0.39 is 14.2 Å². The summed E-state index contributed by atoms with van der Waals surface area (Å²) in [5.41, 5.74) is 4.27. The molecule has 0 radical (unpaired) electrons. The molecule has 0 fully saturated rings. The fraction of sp³-hybridized carbons (Fsp3) is 0.278. The summed E-state index contributed by atoms with van der Waals surface area (Å²) in [6.45, 7) is 6.75. The lowest BCUT2D eigenvalue weighted by Crippen LogP contribution is -2.23. The third-order valence-corrected chi connectivity index (χ3v) is 5.56. The minimum Gasteiger partial charge on any atom is -0.389 e. The van der Waals surface area contributed by atoms with Gasteiger partial charge in [-0.2, -0.15) is 0 Å². The van der Waals surface area contributed by atoms with Crippen molar-refractivity contribution in [1.29, 1.82) is 0 Å². The molecule has 1 N–H and O–H groups in total. The van der Waals surface area contributed by atoms with Gasteiger partial charge in [-0.25, -0.2) is 0 Å². The number of ketones is 1. The van der Waals surface area contributed by atoms with E-state index in [4.69, 9.17) is 0 Å². The molecule has 1 atom stereocenters. The summed E-state index contributed by atoms with van der Waals surface area (Å²) in [5, 5.41) is 10.7. The van der Waals surface area contributed by atoms with E-state index >= 15 is 0 Å². The van der Waals surface area contributed by atoms with Crippen molar-refractivity contribution >= 4 is 13.9 Å². The van der Waals surface area contributed by atoms with Gasteiger partial charge < -0.3 is 5.11 Å². The highest BCUT2D eigenvalue weighted by Gasteiger charge is 2.31. The summed E-state index contributed by atoms with van der Waals surface area (Å²) >= 11 is 0. The smallest absolute Gasteiger partial charge is 0.194 e. The molecule has 1 aliphatic carbocycles. The molecule has 3 heteroatoms. The van der Waals surface area contributed by atoms with Crippen LogP contribution in [0.2, 0.25) is 25.7 Å². The van der Waals surface area contributed by atoms with Crippen LogP contribution in [0.3, 0.4) is 0 Å². The molecule has 0 aromatic heterocycles. The van der Waals surface area contributed by atoms with Crippen LogP contribution in [0, 0.1) is 0 Å². The maximum Gasteiger partial charge on any atom is 0.194 e. The standard InChI is InChI=1S/C18H20O2Si/c1-21(2,3)11-16(19)14-9-6-10-15-17(14)12-7-4-5-8-13(12)18(15)20/h4-10,16,19H,11H2,1-3H3. The minimum absolute atomic E-state index is 0.0719. The van der Waals surface area contributed by atoms with Crippen molar-refractivity contribution in [2.24, 2.45) is 0 Å². The third kappa shape index (κ3) is 2.47. The molecule has 2 aromatic rings. The predicted molar refractivity (Wildman–Crippen MR) is 88.4 cm³/mol. The zero-order valence-corrected chi connectivity index (χ0v) is 13.7. The summed E-state index contributed by atoms with van der Waals surface area (Å²) in [5.74, 6) is 0.0719. The van der Waals surface area contributed by atoms with Crippen LogP contribution in [0.4, 0.5) is 0 Å². The number of hydrogen-bond acceptors (Lipinski definition) is 2. The highest BCUT2D eigenvalue weighted by Crippen LogP contribution is 2.42. The van der Waals surface area contributed by atoms with Gasteiger partial charge in [-0.05, 0) is 22.7 Å².